The predicted molar refractivity (Wildman–Crippen MR) is 88.5 cm³/mol. The normalized spacial score (nSPS) is 14.5. The van der Waals surface area contributed by atoms with Gasteiger partial charge in [0.15, 0.2) is 0 Å². The zero-order valence-electron chi connectivity index (χ0n) is 12.4. The third-order valence-electron chi connectivity index (χ3n) is 3.79. The van der Waals surface area contributed by atoms with E-state index in [2.05, 4.69) is 28.5 Å². The first kappa shape index (κ1) is 14.3. The number of urea groups is 1. The number of nitrogens with one attached hydrogen (secondary N) is 1. The third-order valence-corrected chi connectivity index (χ3v) is 3.79. The summed E-state index contributed by atoms with van der Waals surface area (Å²) < 4.78 is 0. The Morgan fingerprint density at radius 2 is 1.73 bits per heavy atom. The van der Waals surface area contributed by atoms with E-state index in [1.165, 1.54) is 11.1 Å². The largest absolute Gasteiger partial charge is 0.324 e. The van der Waals surface area contributed by atoms with Crippen LogP contribution in [0.4, 0.5) is 10.5 Å². The molecular weight excluding hydrogens is 274 g/mol. The molecule has 0 atom stereocenters. The Morgan fingerprint density at radius 3 is 2.41 bits per heavy atom. The van der Waals surface area contributed by atoms with Gasteiger partial charge in [0, 0.05) is 31.2 Å². The number of aromatic nitrogens is 1. The average molecular weight is 293 g/mol. The molecule has 1 aliphatic heterocycles. The smallest absolute Gasteiger partial charge is 0.321 e. The maximum atomic E-state index is 12.2. The van der Waals surface area contributed by atoms with Gasteiger partial charge in [0.25, 0.3) is 0 Å². The van der Waals surface area contributed by atoms with Crippen molar-refractivity contribution >= 4 is 17.8 Å². The van der Waals surface area contributed by atoms with Gasteiger partial charge in [0.05, 0.1) is 0 Å². The number of benzene rings is 1. The van der Waals surface area contributed by atoms with Gasteiger partial charge in [-0.05, 0) is 30.5 Å². The first-order valence-electron chi connectivity index (χ1n) is 7.52. The number of piperidine rings is 1. The molecule has 4 heteroatoms. The van der Waals surface area contributed by atoms with Gasteiger partial charge in [-0.2, -0.15) is 0 Å². The van der Waals surface area contributed by atoms with Crippen molar-refractivity contribution in [1.29, 1.82) is 0 Å². The lowest BCUT2D eigenvalue weighted by Crippen LogP contribution is -2.39. The lowest BCUT2D eigenvalue weighted by Gasteiger charge is -2.28. The second-order valence-corrected chi connectivity index (χ2v) is 5.37. The summed E-state index contributed by atoms with van der Waals surface area (Å²) in [7, 11) is 0. The number of anilines is 1. The maximum absolute atomic E-state index is 12.2. The van der Waals surface area contributed by atoms with Crippen LogP contribution in [0.25, 0.3) is 6.08 Å². The molecule has 0 radical (unpaired) electrons. The van der Waals surface area contributed by atoms with Crippen LogP contribution >= 0.6 is 0 Å². The molecule has 1 aliphatic rings. The molecule has 0 aliphatic carbocycles. The molecule has 0 bridgehead atoms. The summed E-state index contributed by atoms with van der Waals surface area (Å²) in [6.07, 6.45) is 7.44. The van der Waals surface area contributed by atoms with Gasteiger partial charge in [0.2, 0.25) is 0 Å². The lowest BCUT2D eigenvalue weighted by molar-refractivity contribution is 0.208. The first-order valence-corrected chi connectivity index (χ1v) is 7.52. The molecule has 0 spiro atoms. The molecule has 1 aromatic carbocycles. The van der Waals surface area contributed by atoms with Crippen LogP contribution in [0.5, 0.6) is 0 Å². The van der Waals surface area contributed by atoms with Crippen LogP contribution in [-0.2, 0) is 0 Å². The number of hydrogen-bond donors (Lipinski definition) is 1. The Hall–Kier alpha value is -2.62. The zero-order valence-corrected chi connectivity index (χ0v) is 12.4. The van der Waals surface area contributed by atoms with E-state index in [0.717, 1.165) is 31.6 Å². The molecule has 0 unspecified atom stereocenters. The van der Waals surface area contributed by atoms with Crippen molar-refractivity contribution in [1.82, 2.24) is 9.88 Å². The summed E-state index contributed by atoms with van der Waals surface area (Å²) in [6.45, 7) is 1.52. The molecule has 2 heterocycles. The molecule has 3 rings (SSSR count). The van der Waals surface area contributed by atoms with Crippen LogP contribution in [0, 0.1) is 0 Å². The van der Waals surface area contributed by atoms with Crippen molar-refractivity contribution in [2.75, 3.05) is 18.4 Å². The number of carbonyl (C=O) groups is 1. The van der Waals surface area contributed by atoms with E-state index in [0.29, 0.717) is 0 Å². The third kappa shape index (κ3) is 3.73. The number of pyridine rings is 1. The Morgan fingerprint density at radius 1 is 1.05 bits per heavy atom. The van der Waals surface area contributed by atoms with Crippen molar-refractivity contribution in [2.45, 2.75) is 12.8 Å². The van der Waals surface area contributed by atoms with Crippen molar-refractivity contribution in [3.05, 3.63) is 66.0 Å². The summed E-state index contributed by atoms with van der Waals surface area (Å²) in [4.78, 5) is 18.0. The van der Waals surface area contributed by atoms with E-state index < -0.39 is 0 Å². The minimum atomic E-state index is -0.0371. The van der Waals surface area contributed by atoms with E-state index in [9.17, 15) is 4.79 Å². The molecule has 0 saturated carbocycles. The topological polar surface area (TPSA) is 45.2 Å². The maximum Gasteiger partial charge on any atom is 0.321 e. The van der Waals surface area contributed by atoms with Crippen LogP contribution < -0.4 is 5.32 Å². The molecular formula is C18H19N3O. The quantitative estimate of drug-likeness (QED) is 0.915. The Kier molecular flexibility index (Phi) is 4.49. The van der Waals surface area contributed by atoms with Crippen LogP contribution in [-0.4, -0.2) is 29.0 Å². The Balaban J connectivity index is 1.55. The number of rotatable bonds is 2. The molecule has 1 fully saturated rings. The highest BCUT2D eigenvalue weighted by Gasteiger charge is 2.18. The number of carbonyl (C=O) groups excluding carboxylic acids is 1. The molecule has 2 aromatic rings. The van der Waals surface area contributed by atoms with Crippen LogP contribution in [0.2, 0.25) is 0 Å². The molecule has 1 N–H and O–H groups in total. The van der Waals surface area contributed by atoms with Gasteiger partial charge in [-0.25, -0.2) is 4.79 Å². The fourth-order valence-corrected chi connectivity index (χ4v) is 2.56. The van der Waals surface area contributed by atoms with Gasteiger partial charge >= 0.3 is 6.03 Å². The molecule has 2 amide bonds. The van der Waals surface area contributed by atoms with Gasteiger partial charge in [-0.15, -0.1) is 0 Å². The lowest BCUT2D eigenvalue weighted by atomic mass is 10.0. The summed E-state index contributed by atoms with van der Waals surface area (Å²) in [5, 5.41) is 2.90. The van der Waals surface area contributed by atoms with Crippen molar-refractivity contribution in [3.63, 3.8) is 0 Å². The number of hydrogen-bond acceptors (Lipinski definition) is 2. The van der Waals surface area contributed by atoms with Crippen LogP contribution in [0.3, 0.4) is 0 Å². The fraction of sp³-hybridized carbons (Fsp3) is 0.222. The van der Waals surface area contributed by atoms with E-state index >= 15 is 0 Å². The SMILES string of the molecule is O=C(Nc1ccncc1)N1CCC(=Cc2ccccc2)CC1. The summed E-state index contributed by atoms with van der Waals surface area (Å²) in [5.74, 6) is 0. The van der Waals surface area contributed by atoms with E-state index in [1.807, 2.05) is 23.1 Å². The summed E-state index contributed by atoms with van der Waals surface area (Å²) >= 11 is 0. The fourth-order valence-electron chi connectivity index (χ4n) is 2.56. The number of amides is 2. The van der Waals surface area contributed by atoms with Gasteiger partial charge in [0.1, 0.15) is 0 Å². The molecule has 1 aromatic heterocycles. The standard InChI is InChI=1S/C18H19N3O/c22-18(20-17-6-10-19-11-7-17)21-12-8-16(9-13-21)14-15-4-2-1-3-5-15/h1-7,10-11,14H,8-9,12-13H2,(H,19,20,22). The molecule has 22 heavy (non-hydrogen) atoms. The van der Waals surface area contributed by atoms with Crippen molar-refractivity contribution < 1.29 is 4.79 Å². The van der Waals surface area contributed by atoms with Crippen molar-refractivity contribution in [3.8, 4) is 0 Å². The van der Waals surface area contributed by atoms with Crippen molar-refractivity contribution in [2.24, 2.45) is 0 Å². The highest BCUT2D eigenvalue weighted by Crippen LogP contribution is 2.20. The predicted octanol–water partition coefficient (Wildman–Crippen LogP) is 3.79. The van der Waals surface area contributed by atoms with Crippen LogP contribution in [0.1, 0.15) is 18.4 Å². The number of nitrogens with zero attached hydrogens (tertiary/aromatic N) is 2. The molecule has 112 valence electrons. The minimum absolute atomic E-state index is 0.0371. The second-order valence-electron chi connectivity index (χ2n) is 5.37. The van der Waals surface area contributed by atoms with E-state index in [-0.39, 0.29) is 6.03 Å². The Labute approximate surface area is 130 Å². The van der Waals surface area contributed by atoms with Gasteiger partial charge in [-0.3, -0.25) is 4.98 Å². The monoisotopic (exact) mass is 293 g/mol. The Bertz CT molecular complexity index is 643. The highest BCUT2D eigenvalue weighted by atomic mass is 16.2. The summed E-state index contributed by atoms with van der Waals surface area (Å²) in [5.41, 5.74) is 3.41. The van der Waals surface area contributed by atoms with Gasteiger partial charge in [-0.1, -0.05) is 42.0 Å². The first-order chi connectivity index (χ1) is 10.8. The number of likely N-dealkylation sites (tertiary alicyclic amines) is 1. The molecule has 4 nitrogen and oxygen atoms in total. The molecule has 1 saturated heterocycles. The van der Waals surface area contributed by atoms with Crippen LogP contribution in [0.15, 0.2) is 60.4 Å². The summed E-state index contributed by atoms with van der Waals surface area (Å²) in [6, 6.07) is 13.9. The minimum Gasteiger partial charge on any atom is -0.324 e. The zero-order chi connectivity index (χ0) is 15.2. The van der Waals surface area contributed by atoms with E-state index in [1.54, 1.807) is 24.5 Å². The highest BCUT2D eigenvalue weighted by molar-refractivity contribution is 5.89. The van der Waals surface area contributed by atoms with E-state index in [4.69, 9.17) is 0 Å². The van der Waals surface area contributed by atoms with Gasteiger partial charge < -0.3 is 10.2 Å². The second kappa shape index (κ2) is 6.89. The average Bonchev–Trinajstić information content (AvgIpc) is 2.57.